The lowest BCUT2D eigenvalue weighted by molar-refractivity contribution is 0.290. The van der Waals surface area contributed by atoms with E-state index in [4.69, 9.17) is 21.4 Å². The van der Waals surface area contributed by atoms with Crippen LogP contribution in [0.25, 0.3) is 0 Å². The summed E-state index contributed by atoms with van der Waals surface area (Å²) < 4.78 is 5.07. The molecular formula is C11H16ClNO2. The molecular weight excluding hydrogens is 214 g/mol. The fourth-order valence-corrected chi connectivity index (χ4v) is 1.67. The average molecular weight is 230 g/mol. The maximum Gasteiger partial charge on any atom is 0.120 e. The fraction of sp³-hybridized carbons (Fsp3) is 0.455. The Kier molecular flexibility index (Phi) is 4.72. The highest BCUT2D eigenvalue weighted by atomic mass is 35.5. The van der Waals surface area contributed by atoms with E-state index in [1.165, 1.54) is 0 Å². The van der Waals surface area contributed by atoms with Crippen molar-refractivity contribution in [2.24, 2.45) is 0 Å². The molecule has 0 unspecified atom stereocenters. The van der Waals surface area contributed by atoms with Crippen molar-refractivity contribution >= 4 is 17.3 Å². The van der Waals surface area contributed by atoms with Gasteiger partial charge in [0.2, 0.25) is 0 Å². The Morgan fingerprint density at radius 2 is 2.20 bits per heavy atom. The van der Waals surface area contributed by atoms with Crippen LogP contribution < -0.4 is 9.64 Å². The maximum atomic E-state index is 8.73. The number of ether oxygens (including phenoxy) is 1. The number of nitrogens with zero attached hydrogens (tertiary/aromatic N) is 1. The van der Waals surface area contributed by atoms with E-state index in [1.807, 2.05) is 24.1 Å². The van der Waals surface area contributed by atoms with E-state index in [-0.39, 0.29) is 6.61 Å². The number of methoxy groups -OCH3 is 1. The van der Waals surface area contributed by atoms with Crippen LogP contribution >= 0.6 is 11.6 Å². The van der Waals surface area contributed by atoms with Crippen LogP contribution in [0.1, 0.15) is 6.42 Å². The number of hydrogen-bond acceptors (Lipinski definition) is 3. The second-order valence-corrected chi connectivity index (χ2v) is 3.72. The Balaban J connectivity index is 2.76. The topological polar surface area (TPSA) is 32.7 Å². The molecule has 0 amide bonds. The molecule has 1 aromatic rings. The quantitative estimate of drug-likeness (QED) is 0.840. The molecule has 0 saturated carbocycles. The van der Waals surface area contributed by atoms with Gasteiger partial charge in [-0.05, 0) is 18.6 Å². The van der Waals surface area contributed by atoms with Crippen molar-refractivity contribution in [3.8, 4) is 5.75 Å². The van der Waals surface area contributed by atoms with Gasteiger partial charge in [-0.3, -0.25) is 0 Å². The predicted molar refractivity (Wildman–Crippen MR) is 63.0 cm³/mol. The standard InChI is InChI=1S/C11H16ClNO2/c1-13(6-3-7-14)11-5-4-9(15-2)8-10(11)12/h4-5,8,14H,3,6-7H2,1-2H3. The zero-order valence-electron chi connectivity index (χ0n) is 9.03. The first kappa shape index (κ1) is 12.1. The van der Waals surface area contributed by atoms with E-state index < -0.39 is 0 Å². The summed E-state index contributed by atoms with van der Waals surface area (Å²) in [6.45, 7) is 0.973. The Morgan fingerprint density at radius 3 is 2.73 bits per heavy atom. The van der Waals surface area contributed by atoms with Crippen LogP contribution in [0.5, 0.6) is 5.75 Å². The van der Waals surface area contributed by atoms with Crippen LogP contribution in [0, 0.1) is 0 Å². The van der Waals surface area contributed by atoms with Gasteiger partial charge in [0.1, 0.15) is 5.75 Å². The highest BCUT2D eigenvalue weighted by Crippen LogP contribution is 2.28. The minimum atomic E-state index is 0.193. The normalized spacial score (nSPS) is 10.1. The summed E-state index contributed by atoms with van der Waals surface area (Å²) in [6.07, 6.45) is 0.735. The number of anilines is 1. The van der Waals surface area contributed by atoms with Gasteiger partial charge in [0.05, 0.1) is 17.8 Å². The molecule has 0 saturated heterocycles. The first-order chi connectivity index (χ1) is 7.19. The lowest BCUT2D eigenvalue weighted by atomic mass is 10.2. The van der Waals surface area contributed by atoms with Crippen LogP contribution in [0.3, 0.4) is 0 Å². The summed E-state index contributed by atoms with van der Waals surface area (Å²) in [4.78, 5) is 2.01. The number of hydrogen-bond donors (Lipinski definition) is 1. The van der Waals surface area contributed by atoms with Crippen LogP contribution in [0.4, 0.5) is 5.69 Å². The average Bonchev–Trinajstić information content (AvgIpc) is 2.25. The van der Waals surface area contributed by atoms with Crippen molar-refractivity contribution in [2.75, 3.05) is 32.2 Å². The third-order valence-electron chi connectivity index (χ3n) is 2.22. The summed E-state index contributed by atoms with van der Waals surface area (Å²) >= 11 is 6.10. The smallest absolute Gasteiger partial charge is 0.120 e. The third-order valence-corrected chi connectivity index (χ3v) is 2.52. The van der Waals surface area contributed by atoms with Crippen molar-refractivity contribution in [3.05, 3.63) is 23.2 Å². The lowest BCUT2D eigenvalue weighted by Crippen LogP contribution is -2.19. The molecule has 0 aliphatic rings. The Hall–Kier alpha value is -0.930. The Bertz CT molecular complexity index is 317. The van der Waals surface area contributed by atoms with E-state index in [0.717, 1.165) is 24.4 Å². The highest BCUT2D eigenvalue weighted by Gasteiger charge is 2.06. The van der Waals surface area contributed by atoms with Crippen molar-refractivity contribution in [1.82, 2.24) is 0 Å². The van der Waals surface area contributed by atoms with Gasteiger partial charge in [-0.2, -0.15) is 0 Å². The van der Waals surface area contributed by atoms with E-state index >= 15 is 0 Å². The van der Waals surface area contributed by atoms with Crippen molar-refractivity contribution in [1.29, 1.82) is 0 Å². The van der Waals surface area contributed by atoms with Crippen molar-refractivity contribution < 1.29 is 9.84 Å². The molecule has 0 aromatic heterocycles. The summed E-state index contributed by atoms with van der Waals surface area (Å²) in [5.41, 5.74) is 0.950. The van der Waals surface area contributed by atoms with E-state index in [1.54, 1.807) is 13.2 Å². The number of aliphatic hydroxyl groups excluding tert-OH is 1. The van der Waals surface area contributed by atoms with Gasteiger partial charge in [0.15, 0.2) is 0 Å². The summed E-state index contributed by atoms with van der Waals surface area (Å²) in [6, 6.07) is 5.57. The van der Waals surface area contributed by atoms with Crippen LogP contribution in [0.2, 0.25) is 5.02 Å². The van der Waals surface area contributed by atoms with E-state index in [0.29, 0.717) is 5.02 Å². The largest absolute Gasteiger partial charge is 0.497 e. The van der Waals surface area contributed by atoms with E-state index in [9.17, 15) is 0 Å². The van der Waals surface area contributed by atoms with Gasteiger partial charge in [0.25, 0.3) is 0 Å². The Morgan fingerprint density at radius 1 is 1.47 bits per heavy atom. The highest BCUT2D eigenvalue weighted by molar-refractivity contribution is 6.33. The summed E-state index contributed by atoms with van der Waals surface area (Å²) in [5.74, 6) is 0.749. The molecule has 1 rings (SSSR count). The number of rotatable bonds is 5. The molecule has 4 heteroatoms. The first-order valence-corrected chi connectivity index (χ1v) is 5.22. The first-order valence-electron chi connectivity index (χ1n) is 4.84. The molecule has 1 aromatic carbocycles. The monoisotopic (exact) mass is 229 g/mol. The third kappa shape index (κ3) is 3.29. The van der Waals surface area contributed by atoms with E-state index in [2.05, 4.69) is 0 Å². The SMILES string of the molecule is COc1ccc(N(C)CCCO)c(Cl)c1. The van der Waals surface area contributed by atoms with Crippen LogP contribution in [0.15, 0.2) is 18.2 Å². The molecule has 0 radical (unpaired) electrons. The Labute approximate surface area is 95.2 Å². The molecule has 0 aliphatic carbocycles. The second kappa shape index (κ2) is 5.83. The molecule has 0 aliphatic heterocycles. The zero-order chi connectivity index (χ0) is 11.3. The predicted octanol–water partition coefficient (Wildman–Crippen LogP) is 2.17. The van der Waals surface area contributed by atoms with Crippen molar-refractivity contribution in [2.45, 2.75) is 6.42 Å². The second-order valence-electron chi connectivity index (χ2n) is 3.32. The number of benzene rings is 1. The van der Waals surface area contributed by atoms with Gasteiger partial charge in [-0.1, -0.05) is 11.6 Å². The maximum absolute atomic E-state index is 8.73. The molecule has 0 atom stereocenters. The van der Waals surface area contributed by atoms with Gasteiger partial charge in [-0.25, -0.2) is 0 Å². The molecule has 0 bridgehead atoms. The molecule has 0 spiro atoms. The summed E-state index contributed by atoms with van der Waals surface area (Å²) in [7, 11) is 3.56. The molecule has 15 heavy (non-hydrogen) atoms. The molecule has 0 fully saturated rings. The number of aliphatic hydroxyl groups is 1. The molecule has 3 nitrogen and oxygen atoms in total. The minimum Gasteiger partial charge on any atom is -0.497 e. The lowest BCUT2D eigenvalue weighted by Gasteiger charge is -2.20. The van der Waals surface area contributed by atoms with Gasteiger partial charge < -0.3 is 14.7 Å². The number of halogens is 1. The van der Waals surface area contributed by atoms with Crippen molar-refractivity contribution in [3.63, 3.8) is 0 Å². The summed E-state index contributed by atoms with van der Waals surface area (Å²) in [5, 5.41) is 9.40. The molecule has 1 N–H and O–H groups in total. The molecule has 0 heterocycles. The van der Waals surface area contributed by atoms with Crippen LogP contribution in [-0.2, 0) is 0 Å². The minimum absolute atomic E-state index is 0.193. The zero-order valence-corrected chi connectivity index (χ0v) is 9.79. The molecule has 84 valence electrons. The van der Waals surface area contributed by atoms with Gasteiger partial charge in [-0.15, -0.1) is 0 Å². The fourth-order valence-electron chi connectivity index (χ4n) is 1.35. The van der Waals surface area contributed by atoms with Crippen LogP contribution in [-0.4, -0.2) is 32.4 Å². The van der Waals surface area contributed by atoms with Gasteiger partial charge in [0, 0.05) is 26.3 Å². The van der Waals surface area contributed by atoms with Gasteiger partial charge >= 0.3 is 0 Å².